The molecule has 1 aromatic rings. The molecule has 1 aromatic carbocycles. The van der Waals surface area contributed by atoms with Gasteiger partial charge >= 0.3 is 5.97 Å². The summed E-state index contributed by atoms with van der Waals surface area (Å²) in [5.41, 5.74) is -0.349. The summed E-state index contributed by atoms with van der Waals surface area (Å²) in [4.78, 5) is 22.6. The third-order valence-corrected chi connectivity index (χ3v) is 4.50. The third-order valence-electron chi connectivity index (χ3n) is 2.73. The van der Waals surface area contributed by atoms with E-state index in [4.69, 9.17) is 5.11 Å². The summed E-state index contributed by atoms with van der Waals surface area (Å²) in [6, 6.07) is 4.93. The fourth-order valence-corrected chi connectivity index (χ4v) is 3.29. The quantitative estimate of drug-likeness (QED) is 0.722. The minimum atomic E-state index is -3.66. The molecule has 0 radical (unpaired) electrons. The molecular weight excluding hydrogens is 320 g/mol. The number of nitrogens with one attached hydrogen (secondary N) is 2. The van der Waals surface area contributed by atoms with E-state index < -0.39 is 33.5 Å². The summed E-state index contributed by atoms with van der Waals surface area (Å²) >= 11 is 0. The molecule has 7 nitrogen and oxygen atoms in total. The van der Waals surface area contributed by atoms with Crippen LogP contribution in [0.1, 0.15) is 44.5 Å². The Kier molecular flexibility index (Phi) is 5.90. The molecule has 0 saturated heterocycles. The van der Waals surface area contributed by atoms with Crippen molar-refractivity contribution in [2.24, 2.45) is 0 Å². The van der Waals surface area contributed by atoms with Crippen LogP contribution in [-0.2, 0) is 14.8 Å². The highest BCUT2D eigenvalue weighted by Gasteiger charge is 2.22. The van der Waals surface area contributed by atoms with Crippen molar-refractivity contribution in [1.29, 1.82) is 0 Å². The van der Waals surface area contributed by atoms with Crippen LogP contribution in [0.2, 0.25) is 0 Å². The van der Waals surface area contributed by atoms with Gasteiger partial charge in [0.2, 0.25) is 10.0 Å². The summed E-state index contributed by atoms with van der Waals surface area (Å²) in [5.74, 6) is -1.46. The lowest BCUT2D eigenvalue weighted by atomic mass is 10.1. The Morgan fingerprint density at radius 2 is 1.70 bits per heavy atom. The van der Waals surface area contributed by atoms with Crippen molar-refractivity contribution in [3.05, 3.63) is 29.8 Å². The lowest BCUT2D eigenvalue weighted by Crippen LogP contribution is -2.40. The Labute approximate surface area is 136 Å². The van der Waals surface area contributed by atoms with Crippen LogP contribution in [-0.4, -0.2) is 37.0 Å². The highest BCUT2D eigenvalue weighted by molar-refractivity contribution is 7.89. The van der Waals surface area contributed by atoms with E-state index in [1.54, 1.807) is 27.7 Å². The van der Waals surface area contributed by atoms with Crippen molar-refractivity contribution in [1.82, 2.24) is 10.0 Å². The van der Waals surface area contributed by atoms with Gasteiger partial charge in [-0.1, -0.05) is 0 Å². The van der Waals surface area contributed by atoms with Gasteiger partial charge in [-0.2, -0.15) is 0 Å². The summed E-state index contributed by atoms with van der Waals surface area (Å²) < 4.78 is 26.8. The minimum absolute atomic E-state index is 0.0579. The molecule has 0 aliphatic rings. The van der Waals surface area contributed by atoms with Crippen molar-refractivity contribution < 1.29 is 23.1 Å². The number of aliphatic carboxylic acids is 1. The second kappa shape index (κ2) is 7.10. The molecule has 0 fully saturated rings. The number of carboxylic acid groups (broad SMARTS) is 1. The smallest absolute Gasteiger partial charge is 0.305 e. The standard InChI is InChI=1S/C15H22N2O5S/c1-10(9-13(18)19)16-14(20)11-5-7-12(8-6-11)23(21,22)17-15(2,3)4/h5-8,10,17H,9H2,1-4H3,(H,16,20)(H,18,19). The van der Waals surface area contributed by atoms with Crippen LogP contribution in [0.15, 0.2) is 29.2 Å². The van der Waals surface area contributed by atoms with Gasteiger partial charge in [0, 0.05) is 17.1 Å². The maximum absolute atomic E-state index is 12.2. The highest BCUT2D eigenvalue weighted by atomic mass is 32.2. The number of carbonyl (C=O) groups is 2. The van der Waals surface area contributed by atoms with Crippen molar-refractivity contribution in [3.63, 3.8) is 0 Å². The lowest BCUT2D eigenvalue weighted by Gasteiger charge is -2.20. The Hall–Kier alpha value is -1.93. The second-order valence-corrected chi connectivity index (χ2v) is 8.03. The Balaban J connectivity index is 2.84. The van der Waals surface area contributed by atoms with Crippen molar-refractivity contribution >= 4 is 21.9 Å². The number of amides is 1. The zero-order chi connectivity index (χ0) is 17.8. The first kappa shape index (κ1) is 19.1. The second-order valence-electron chi connectivity index (χ2n) is 6.35. The van der Waals surface area contributed by atoms with Gasteiger partial charge in [0.25, 0.3) is 5.91 Å². The van der Waals surface area contributed by atoms with Gasteiger partial charge < -0.3 is 10.4 Å². The van der Waals surface area contributed by atoms with Gasteiger partial charge in [0.1, 0.15) is 0 Å². The van der Waals surface area contributed by atoms with Gasteiger partial charge in [-0.3, -0.25) is 9.59 Å². The first-order valence-electron chi connectivity index (χ1n) is 7.07. The number of hydrogen-bond acceptors (Lipinski definition) is 4. The van der Waals surface area contributed by atoms with E-state index in [-0.39, 0.29) is 16.9 Å². The Morgan fingerprint density at radius 1 is 1.17 bits per heavy atom. The van der Waals surface area contributed by atoms with Gasteiger partial charge in [0.15, 0.2) is 0 Å². The number of carbonyl (C=O) groups excluding carboxylic acids is 1. The van der Waals surface area contributed by atoms with E-state index in [2.05, 4.69) is 10.0 Å². The maximum Gasteiger partial charge on any atom is 0.305 e. The molecule has 0 aliphatic carbocycles. The van der Waals surface area contributed by atoms with Crippen LogP contribution in [0, 0.1) is 0 Å². The van der Waals surface area contributed by atoms with Crippen LogP contribution in [0.4, 0.5) is 0 Å². The predicted molar refractivity (Wildman–Crippen MR) is 85.7 cm³/mol. The van der Waals surface area contributed by atoms with E-state index in [1.165, 1.54) is 24.3 Å². The molecule has 1 unspecified atom stereocenters. The number of hydrogen-bond donors (Lipinski definition) is 3. The zero-order valence-electron chi connectivity index (χ0n) is 13.6. The van der Waals surface area contributed by atoms with Crippen molar-refractivity contribution in [3.8, 4) is 0 Å². The molecular formula is C15H22N2O5S. The van der Waals surface area contributed by atoms with Crippen LogP contribution >= 0.6 is 0 Å². The van der Waals surface area contributed by atoms with E-state index in [1.807, 2.05) is 0 Å². The first-order chi connectivity index (χ1) is 10.4. The molecule has 1 amide bonds. The molecule has 1 atom stereocenters. The molecule has 0 bridgehead atoms. The monoisotopic (exact) mass is 342 g/mol. The van der Waals surface area contributed by atoms with E-state index in [0.717, 1.165) is 0 Å². The number of carboxylic acids is 1. The Bertz CT molecular complexity index is 675. The molecule has 0 aliphatic heterocycles. The topological polar surface area (TPSA) is 113 Å². The average Bonchev–Trinajstić information content (AvgIpc) is 2.34. The lowest BCUT2D eigenvalue weighted by molar-refractivity contribution is -0.137. The van der Waals surface area contributed by atoms with Gasteiger partial charge in [-0.05, 0) is 52.0 Å². The van der Waals surface area contributed by atoms with Crippen molar-refractivity contribution in [2.45, 2.75) is 50.6 Å². The number of benzene rings is 1. The highest BCUT2D eigenvalue weighted by Crippen LogP contribution is 2.14. The first-order valence-corrected chi connectivity index (χ1v) is 8.56. The van der Waals surface area contributed by atoms with Crippen LogP contribution in [0.25, 0.3) is 0 Å². The number of sulfonamides is 1. The molecule has 3 N–H and O–H groups in total. The summed E-state index contributed by atoms with van der Waals surface area (Å²) in [6.07, 6.45) is -0.187. The molecule has 23 heavy (non-hydrogen) atoms. The van der Waals surface area contributed by atoms with Gasteiger partial charge in [0.05, 0.1) is 11.3 Å². The molecule has 1 rings (SSSR count). The molecule has 0 saturated carbocycles. The fraction of sp³-hybridized carbons (Fsp3) is 0.467. The van der Waals surface area contributed by atoms with Crippen molar-refractivity contribution in [2.75, 3.05) is 0 Å². The van der Waals surface area contributed by atoms with Gasteiger partial charge in [-0.15, -0.1) is 0 Å². The summed E-state index contributed by atoms with van der Waals surface area (Å²) in [6.45, 7) is 6.78. The molecule has 0 heterocycles. The van der Waals surface area contributed by atoms with Crippen LogP contribution in [0.3, 0.4) is 0 Å². The van der Waals surface area contributed by atoms with E-state index in [0.29, 0.717) is 0 Å². The molecule has 0 aromatic heterocycles. The average molecular weight is 342 g/mol. The molecule has 0 spiro atoms. The van der Waals surface area contributed by atoms with Crippen LogP contribution in [0.5, 0.6) is 0 Å². The van der Waals surface area contributed by atoms with Crippen LogP contribution < -0.4 is 10.0 Å². The fourth-order valence-electron chi connectivity index (χ4n) is 1.87. The summed E-state index contributed by atoms with van der Waals surface area (Å²) in [5, 5.41) is 11.2. The number of rotatable bonds is 6. The minimum Gasteiger partial charge on any atom is -0.481 e. The predicted octanol–water partition coefficient (Wildman–Crippen LogP) is 1.36. The molecule has 8 heteroatoms. The zero-order valence-corrected chi connectivity index (χ0v) is 14.4. The van der Waals surface area contributed by atoms with Gasteiger partial charge in [-0.25, -0.2) is 13.1 Å². The third kappa shape index (κ3) is 6.37. The van der Waals surface area contributed by atoms with E-state index in [9.17, 15) is 18.0 Å². The molecule has 128 valence electrons. The normalized spacial score (nSPS) is 13.4. The summed E-state index contributed by atoms with van der Waals surface area (Å²) in [7, 11) is -3.66. The Morgan fingerprint density at radius 3 is 2.13 bits per heavy atom. The van der Waals surface area contributed by atoms with E-state index >= 15 is 0 Å². The SMILES string of the molecule is CC(CC(=O)O)NC(=O)c1ccc(S(=O)(=O)NC(C)(C)C)cc1. The largest absolute Gasteiger partial charge is 0.481 e. The maximum atomic E-state index is 12.2.